The lowest BCUT2D eigenvalue weighted by atomic mass is 9.49. The molecule has 0 bridgehead atoms. The average molecular weight is 428 g/mol. The summed E-state index contributed by atoms with van der Waals surface area (Å²) >= 11 is 0. The molecule has 4 aliphatic carbocycles. The summed E-state index contributed by atoms with van der Waals surface area (Å²) in [5.41, 5.74) is 6.44. The number of nitrogens with zero attached hydrogens (tertiary/aromatic N) is 2. The second-order valence-electron chi connectivity index (χ2n) is 11.3. The Morgan fingerprint density at radius 1 is 1.10 bits per heavy atom. The Hall–Kier alpha value is -1.38. The molecule has 4 fully saturated rings. The maximum absolute atomic E-state index is 9.02. The van der Waals surface area contributed by atoms with Gasteiger partial charge >= 0.3 is 0 Å². The van der Waals surface area contributed by atoms with Crippen molar-refractivity contribution in [3.63, 3.8) is 0 Å². The third-order valence-electron chi connectivity index (χ3n) is 9.91. The normalized spacial score (nSPS) is 43.1. The molecule has 31 heavy (non-hydrogen) atoms. The van der Waals surface area contributed by atoms with Crippen LogP contribution in [0.1, 0.15) is 78.6 Å². The van der Waals surface area contributed by atoms with Crippen molar-refractivity contribution in [1.29, 1.82) is 5.26 Å². The third-order valence-corrected chi connectivity index (χ3v) is 9.91. The second kappa shape index (κ2) is 10.5. The fourth-order valence-electron chi connectivity index (χ4n) is 8.62. The van der Waals surface area contributed by atoms with Crippen molar-refractivity contribution in [3.8, 4) is 6.07 Å². The third kappa shape index (κ3) is 4.71. The van der Waals surface area contributed by atoms with Gasteiger partial charge in [0.05, 0.1) is 5.57 Å². The van der Waals surface area contributed by atoms with Crippen LogP contribution in [0.3, 0.4) is 0 Å². The maximum Gasteiger partial charge on any atom is 0.102 e. The van der Waals surface area contributed by atoms with Gasteiger partial charge in [0.25, 0.3) is 0 Å². The van der Waals surface area contributed by atoms with Gasteiger partial charge < -0.3 is 5.73 Å². The molecule has 4 saturated carbocycles. The molecule has 0 amide bonds. The number of nitrogens with two attached hydrogens (primary N) is 3. The number of rotatable bonds is 4. The van der Waals surface area contributed by atoms with Gasteiger partial charge in [-0.1, -0.05) is 27.2 Å². The van der Waals surface area contributed by atoms with Gasteiger partial charge in [0.2, 0.25) is 0 Å². The minimum Gasteiger partial charge on any atom is -0.403 e. The molecule has 5 heteroatoms. The molecule has 4 rings (SSSR count). The summed E-state index contributed by atoms with van der Waals surface area (Å²) in [5, 5.41) is 9.02. The Labute approximate surface area is 189 Å². The fraction of sp³-hybridized carbons (Fsp3) is 0.846. The summed E-state index contributed by atoms with van der Waals surface area (Å²) in [6.45, 7) is 8.32. The number of hydrogen-bond acceptors (Lipinski definition) is 5. The number of hydrogen-bond donors (Lipinski definition) is 3. The van der Waals surface area contributed by atoms with Crippen LogP contribution in [0, 0.1) is 64.1 Å². The second-order valence-corrected chi connectivity index (χ2v) is 11.3. The minimum absolute atomic E-state index is 0.465. The highest BCUT2D eigenvalue weighted by Gasteiger charge is 2.57. The van der Waals surface area contributed by atoms with Crippen LogP contribution in [0.2, 0.25) is 0 Å². The molecule has 0 radical (unpaired) electrons. The summed E-state index contributed by atoms with van der Waals surface area (Å²) in [4.78, 5) is 4.57. The standard InChI is InChI=1S/C26H41N3.H4N2/c1-17-4-6-21-20(12-17)5-7-23-22(21)10-11-26(3)24(8-9-25(23)26)18(2)15-29-16-19(13-27)14-28;1-2/h13,16-18,20-25H,4-12,15,27H2,1-3H3;1-2H2/b19-13-,29-16?;. The van der Waals surface area contributed by atoms with Crippen LogP contribution in [-0.2, 0) is 0 Å². The lowest BCUT2D eigenvalue weighted by Crippen LogP contribution is -2.49. The van der Waals surface area contributed by atoms with Crippen molar-refractivity contribution < 1.29 is 0 Å². The number of fused-ring (bicyclic) bond motifs is 5. The first-order chi connectivity index (χ1) is 15.0. The van der Waals surface area contributed by atoms with E-state index in [0.29, 0.717) is 16.9 Å². The van der Waals surface area contributed by atoms with Gasteiger partial charge in [-0.05, 0) is 104 Å². The molecular formula is C26H45N5. The number of nitriles is 1. The van der Waals surface area contributed by atoms with Crippen molar-refractivity contribution >= 4 is 6.21 Å². The Morgan fingerprint density at radius 3 is 2.55 bits per heavy atom. The van der Waals surface area contributed by atoms with Crippen LogP contribution in [0.15, 0.2) is 16.8 Å². The van der Waals surface area contributed by atoms with E-state index in [-0.39, 0.29) is 0 Å². The molecule has 5 nitrogen and oxygen atoms in total. The average Bonchev–Trinajstić information content (AvgIpc) is 3.15. The highest BCUT2D eigenvalue weighted by molar-refractivity contribution is 5.83. The van der Waals surface area contributed by atoms with Crippen molar-refractivity contribution in [2.75, 3.05) is 6.54 Å². The van der Waals surface area contributed by atoms with E-state index in [1.807, 2.05) is 0 Å². The molecule has 0 spiro atoms. The molecule has 9 unspecified atom stereocenters. The van der Waals surface area contributed by atoms with Gasteiger partial charge in [-0.2, -0.15) is 5.26 Å². The lowest BCUT2D eigenvalue weighted by molar-refractivity contribution is -0.0723. The van der Waals surface area contributed by atoms with Crippen molar-refractivity contribution in [2.24, 2.45) is 75.2 Å². The molecule has 4 aliphatic rings. The summed E-state index contributed by atoms with van der Waals surface area (Å²) < 4.78 is 0. The summed E-state index contributed by atoms with van der Waals surface area (Å²) in [6, 6.07) is 2.09. The number of allylic oxidation sites excluding steroid dienone is 1. The first kappa shape index (κ1) is 24.3. The van der Waals surface area contributed by atoms with Crippen LogP contribution in [0.5, 0.6) is 0 Å². The van der Waals surface area contributed by atoms with Gasteiger partial charge in [-0.3, -0.25) is 16.7 Å². The molecule has 6 N–H and O–H groups in total. The van der Waals surface area contributed by atoms with E-state index in [2.05, 4.69) is 43.5 Å². The molecule has 0 aromatic rings. The van der Waals surface area contributed by atoms with Crippen LogP contribution < -0.4 is 17.4 Å². The molecule has 0 aromatic carbocycles. The zero-order valence-corrected chi connectivity index (χ0v) is 20.0. The zero-order valence-electron chi connectivity index (χ0n) is 20.0. The number of hydrazine groups is 1. The van der Waals surface area contributed by atoms with Crippen LogP contribution >= 0.6 is 0 Å². The first-order valence-electron chi connectivity index (χ1n) is 12.6. The topological polar surface area (TPSA) is 114 Å². The zero-order chi connectivity index (χ0) is 22.6. The maximum atomic E-state index is 9.02. The fourth-order valence-corrected chi connectivity index (χ4v) is 8.62. The van der Waals surface area contributed by atoms with Crippen LogP contribution in [0.4, 0.5) is 0 Å². The molecule has 174 valence electrons. The van der Waals surface area contributed by atoms with E-state index < -0.39 is 0 Å². The van der Waals surface area contributed by atoms with Crippen molar-refractivity contribution in [1.82, 2.24) is 0 Å². The smallest absolute Gasteiger partial charge is 0.102 e. The summed E-state index contributed by atoms with van der Waals surface area (Å²) in [6.07, 6.45) is 16.3. The largest absolute Gasteiger partial charge is 0.403 e. The van der Waals surface area contributed by atoms with E-state index in [9.17, 15) is 0 Å². The van der Waals surface area contributed by atoms with Gasteiger partial charge in [0.1, 0.15) is 6.07 Å². The lowest BCUT2D eigenvalue weighted by Gasteiger charge is -2.56. The van der Waals surface area contributed by atoms with Crippen molar-refractivity contribution in [3.05, 3.63) is 11.8 Å². The molecule has 0 aliphatic heterocycles. The van der Waals surface area contributed by atoms with E-state index >= 15 is 0 Å². The van der Waals surface area contributed by atoms with E-state index in [1.165, 1.54) is 64.0 Å². The summed E-state index contributed by atoms with van der Waals surface area (Å²) in [5.74, 6) is 15.4. The van der Waals surface area contributed by atoms with Gasteiger partial charge in [0.15, 0.2) is 0 Å². The highest BCUT2D eigenvalue weighted by Crippen LogP contribution is 2.65. The molecule has 0 aromatic heterocycles. The van der Waals surface area contributed by atoms with E-state index in [4.69, 9.17) is 11.0 Å². The Morgan fingerprint density at radius 2 is 1.84 bits per heavy atom. The molecular weight excluding hydrogens is 382 g/mol. The summed E-state index contributed by atoms with van der Waals surface area (Å²) in [7, 11) is 0. The minimum atomic E-state index is 0.465. The van der Waals surface area contributed by atoms with Crippen molar-refractivity contribution in [2.45, 2.75) is 78.6 Å². The SMILES string of the molecule is CC1CCC2C(CCC3C2CCC2(C)C(C(C)CN=C/C(C#N)=C\N)CCC32)C1.NN. The predicted octanol–water partition coefficient (Wildman–Crippen LogP) is 4.78. The highest BCUT2D eigenvalue weighted by atomic mass is 15.0. The van der Waals surface area contributed by atoms with Gasteiger partial charge in [-0.15, -0.1) is 0 Å². The monoisotopic (exact) mass is 427 g/mol. The Balaban J connectivity index is 0.00000132. The molecule has 0 heterocycles. The van der Waals surface area contributed by atoms with E-state index in [1.54, 1.807) is 6.21 Å². The Kier molecular flexibility index (Phi) is 8.21. The quantitative estimate of drug-likeness (QED) is 0.259. The predicted molar refractivity (Wildman–Crippen MR) is 129 cm³/mol. The van der Waals surface area contributed by atoms with Crippen LogP contribution in [-0.4, -0.2) is 12.8 Å². The number of aliphatic imine (C=N–C) groups is 1. The van der Waals surface area contributed by atoms with Gasteiger partial charge in [0, 0.05) is 19.0 Å². The van der Waals surface area contributed by atoms with Gasteiger partial charge in [-0.25, -0.2) is 0 Å². The van der Waals surface area contributed by atoms with Crippen LogP contribution in [0.25, 0.3) is 0 Å². The first-order valence-corrected chi connectivity index (χ1v) is 12.6. The molecule has 9 atom stereocenters. The Bertz CT molecular complexity index is 694. The molecule has 0 saturated heterocycles. The van der Waals surface area contributed by atoms with E-state index in [0.717, 1.165) is 48.0 Å².